The van der Waals surface area contributed by atoms with Gasteiger partial charge in [-0.25, -0.2) is 4.39 Å². The van der Waals surface area contributed by atoms with Crippen LogP contribution in [0.15, 0.2) is 36.4 Å². The summed E-state index contributed by atoms with van der Waals surface area (Å²) in [6.45, 7) is 0. The lowest BCUT2D eigenvalue weighted by Crippen LogP contribution is -1.98. The van der Waals surface area contributed by atoms with E-state index in [-0.39, 0.29) is 5.82 Å². The minimum atomic E-state index is -0.396. The van der Waals surface area contributed by atoms with Crippen LogP contribution < -0.4 is 4.74 Å². The molecule has 106 valence electrons. The van der Waals surface area contributed by atoms with Crippen molar-refractivity contribution in [2.24, 2.45) is 0 Å². The van der Waals surface area contributed by atoms with Crippen LogP contribution >= 0.6 is 34.8 Å². The van der Waals surface area contributed by atoms with Crippen molar-refractivity contribution in [3.63, 3.8) is 0 Å². The molecule has 0 saturated heterocycles. The Morgan fingerprint density at radius 2 is 1.90 bits per heavy atom. The van der Waals surface area contributed by atoms with Gasteiger partial charge in [0.1, 0.15) is 11.6 Å². The van der Waals surface area contributed by atoms with Crippen molar-refractivity contribution < 1.29 is 9.13 Å². The van der Waals surface area contributed by atoms with Crippen molar-refractivity contribution in [1.29, 1.82) is 0 Å². The van der Waals surface area contributed by atoms with E-state index in [4.69, 9.17) is 39.5 Å². The number of methoxy groups -OCH3 is 1. The Balaban J connectivity index is 2.25. The molecule has 0 aromatic heterocycles. The lowest BCUT2D eigenvalue weighted by atomic mass is 10.0. The SMILES string of the molecule is COc1cc(Cl)c(C(Cl)Cc2cccc(F)c2)cc1Cl. The first-order valence-corrected chi connectivity index (χ1v) is 7.12. The molecule has 0 radical (unpaired) electrons. The lowest BCUT2D eigenvalue weighted by Gasteiger charge is -2.14. The van der Waals surface area contributed by atoms with Crippen LogP contribution in [0.3, 0.4) is 0 Å². The summed E-state index contributed by atoms with van der Waals surface area (Å²) < 4.78 is 18.2. The van der Waals surface area contributed by atoms with Crippen LogP contribution in [0.25, 0.3) is 0 Å². The van der Waals surface area contributed by atoms with Crippen LogP contribution in [-0.4, -0.2) is 7.11 Å². The normalized spacial score (nSPS) is 12.2. The average molecular weight is 334 g/mol. The second kappa shape index (κ2) is 6.66. The minimum Gasteiger partial charge on any atom is -0.495 e. The van der Waals surface area contributed by atoms with Gasteiger partial charge in [0.15, 0.2) is 0 Å². The minimum absolute atomic E-state index is 0.287. The Morgan fingerprint density at radius 1 is 1.15 bits per heavy atom. The lowest BCUT2D eigenvalue weighted by molar-refractivity contribution is 0.415. The molecule has 1 nitrogen and oxygen atoms in total. The maximum Gasteiger partial charge on any atom is 0.138 e. The third-order valence-electron chi connectivity index (χ3n) is 2.91. The van der Waals surface area contributed by atoms with Crippen LogP contribution in [-0.2, 0) is 6.42 Å². The zero-order valence-electron chi connectivity index (χ0n) is 10.7. The monoisotopic (exact) mass is 332 g/mol. The van der Waals surface area contributed by atoms with Crippen molar-refractivity contribution in [1.82, 2.24) is 0 Å². The van der Waals surface area contributed by atoms with E-state index in [1.54, 1.807) is 18.2 Å². The molecule has 1 atom stereocenters. The molecule has 0 saturated carbocycles. The molecule has 2 aromatic rings. The molecule has 0 aliphatic heterocycles. The van der Waals surface area contributed by atoms with Crippen LogP contribution in [0, 0.1) is 5.82 Å². The topological polar surface area (TPSA) is 9.23 Å². The summed E-state index contributed by atoms with van der Waals surface area (Å²) in [6, 6.07) is 9.62. The summed E-state index contributed by atoms with van der Waals surface area (Å²) in [7, 11) is 1.52. The quantitative estimate of drug-likeness (QED) is 0.656. The highest BCUT2D eigenvalue weighted by Crippen LogP contribution is 2.37. The zero-order chi connectivity index (χ0) is 14.7. The Hall–Kier alpha value is -0.960. The van der Waals surface area contributed by atoms with Gasteiger partial charge in [-0.15, -0.1) is 11.6 Å². The smallest absolute Gasteiger partial charge is 0.138 e. The first-order chi connectivity index (χ1) is 9.51. The molecule has 5 heteroatoms. The highest BCUT2D eigenvalue weighted by Gasteiger charge is 2.16. The number of hydrogen-bond acceptors (Lipinski definition) is 1. The van der Waals surface area contributed by atoms with Gasteiger partial charge in [-0.05, 0) is 35.7 Å². The maximum atomic E-state index is 13.2. The fourth-order valence-corrected chi connectivity index (χ4v) is 2.87. The van der Waals surface area contributed by atoms with Gasteiger partial charge in [0.2, 0.25) is 0 Å². The van der Waals surface area contributed by atoms with Gasteiger partial charge in [0.25, 0.3) is 0 Å². The number of halogens is 4. The number of benzene rings is 2. The summed E-state index contributed by atoms with van der Waals surface area (Å²) >= 11 is 18.6. The molecule has 0 bridgehead atoms. The molecule has 20 heavy (non-hydrogen) atoms. The Morgan fingerprint density at radius 3 is 2.55 bits per heavy atom. The third kappa shape index (κ3) is 3.57. The first kappa shape index (κ1) is 15.4. The Kier molecular flexibility index (Phi) is 5.14. The molecule has 0 N–H and O–H groups in total. The number of hydrogen-bond donors (Lipinski definition) is 0. The van der Waals surface area contributed by atoms with Crippen LogP contribution in [0.5, 0.6) is 5.75 Å². The summed E-state index contributed by atoms with van der Waals surface area (Å²) in [4.78, 5) is 0. The Bertz CT molecular complexity index is 616. The molecule has 0 fully saturated rings. The molecular formula is C15H12Cl3FO. The van der Waals surface area contributed by atoms with E-state index in [1.807, 2.05) is 6.07 Å². The predicted molar refractivity (Wildman–Crippen MR) is 81.7 cm³/mol. The van der Waals surface area contributed by atoms with Crippen molar-refractivity contribution in [3.8, 4) is 5.75 Å². The molecule has 0 heterocycles. The molecular weight excluding hydrogens is 322 g/mol. The molecule has 2 aromatic carbocycles. The summed E-state index contributed by atoms with van der Waals surface area (Å²) in [5.74, 6) is 0.209. The van der Waals surface area contributed by atoms with Gasteiger partial charge in [0, 0.05) is 11.1 Å². The van der Waals surface area contributed by atoms with Gasteiger partial charge in [-0.1, -0.05) is 35.3 Å². The first-order valence-electron chi connectivity index (χ1n) is 5.92. The van der Waals surface area contributed by atoms with Crippen molar-refractivity contribution in [3.05, 3.63) is 63.4 Å². The maximum absolute atomic E-state index is 13.2. The predicted octanol–water partition coefficient (Wildman–Crippen LogP) is 5.66. The van der Waals surface area contributed by atoms with E-state index in [1.165, 1.54) is 19.2 Å². The van der Waals surface area contributed by atoms with E-state index in [9.17, 15) is 4.39 Å². The van der Waals surface area contributed by atoms with Gasteiger partial charge < -0.3 is 4.74 Å². The highest BCUT2D eigenvalue weighted by atomic mass is 35.5. The summed E-state index contributed by atoms with van der Waals surface area (Å²) in [5.41, 5.74) is 1.50. The standard InChI is InChI=1S/C15H12Cl3FO/c1-20-15-8-13(17)11(7-14(15)18)12(16)6-9-3-2-4-10(19)5-9/h2-5,7-8,12H,6H2,1H3. The fourth-order valence-electron chi connectivity index (χ4n) is 1.92. The molecule has 2 rings (SSSR count). The van der Waals surface area contributed by atoms with Crippen molar-refractivity contribution in [2.75, 3.05) is 7.11 Å². The molecule has 0 aliphatic rings. The van der Waals surface area contributed by atoms with Crippen molar-refractivity contribution >= 4 is 34.8 Å². The second-order valence-electron chi connectivity index (χ2n) is 4.31. The van der Waals surface area contributed by atoms with E-state index in [0.717, 1.165) is 5.56 Å². The van der Waals surface area contributed by atoms with E-state index in [2.05, 4.69) is 0 Å². The fraction of sp³-hybridized carbons (Fsp3) is 0.200. The van der Waals surface area contributed by atoms with Crippen LogP contribution in [0.2, 0.25) is 10.0 Å². The number of alkyl halides is 1. The average Bonchev–Trinajstić information content (AvgIpc) is 2.40. The molecule has 1 unspecified atom stereocenters. The molecule has 0 amide bonds. The van der Waals surface area contributed by atoms with E-state index >= 15 is 0 Å². The highest BCUT2D eigenvalue weighted by molar-refractivity contribution is 6.35. The third-order valence-corrected chi connectivity index (χ3v) is 3.92. The zero-order valence-corrected chi connectivity index (χ0v) is 12.9. The molecule has 0 spiro atoms. The van der Waals surface area contributed by atoms with Gasteiger partial charge in [-0.2, -0.15) is 0 Å². The van der Waals surface area contributed by atoms with Crippen LogP contribution in [0.4, 0.5) is 4.39 Å². The van der Waals surface area contributed by atoms with E-state index < -0.39 is 5.38 Å². The Labute approximate surface area is 132 Å². The summed E-state index contributed by atoms with van der Waals surface area (Å²) in [6.07, 6.45) is 0.460. The van der Waals surface area contributed by atoms with Crippen molar-refractivity contribution in [2.45, 2.75) is 11.8 Å². The largest absolute Gasteiger partial charge is 0.495 e. The van der Waals surface area contributed by atoms with E-state index in [0.29, 0.717) is 27.8 Å². The summed E-state index contributed by atoms with van der Waals surface area (Å²) in [5, 5.41) is 0.521. The number of ether oxygens (including phenoxy) is 1. The van der Waals surface area contributed by atoms with Gasteiger partial charge >= 0.3 is 0 Å². The number of rotatable bonds is 4. The van der Waals surface area contributed by atoms with Gasteiger partial charge in [-0.3, -0.25) is 0 Å². The second-order valence-corrected chi connectivity index (χ2v) is 5.65. The van der Waals surface area contributed by atoms with Crippen LogP contribution in [0.1, 0.15) is 16.5 Å². The molecule has 0 aliphatic carbocycles. The van der Waals surface area contributed by atoms with Gasteiger partial charge in [0.05, 0.1) is 17.5 Å².